The summed E-state index contributed by atoms with van der Waals surface area (Å²) in [4.78, 5) is 48.4. The van der Waals surface area contributed by atoms with Crippen molar-refractivity contribution >= 4 is 23.7 Å². The molecule has 2 rings (SSSR count). The number of ketones is 1. The summed E-state index contributed by atoms with van der Waals surface area (Å²) >= 11 is 0. The molecule has 0 aromatic heterocycles. The van der Waals surface area contributed by atoms with Crippen molar-refractivity contribution in [2.45, 2.75) is 45.8 Å². The molecule has 0 aliphatic carbocycles. The van der Waals surface area contributed by atoms with Gasteiger partial charge in [-0.05, 0) is 45.4 Å². The zero-order chi connectivity index (χ0) is 20.2. The maximum atomic E-state index is 12.1. The third-order valence-corrected chi connectivity index (χ3v) is 4.28. The van der Waals surface area contributed by atoms with E-state index in [1.165, 1.54) is 14.0 Å². The van der Waals surface area contributed by atoms with Crippen LogP contribution in [0.3, 0.4) is 0 Å². The fraction of sp³-hybridized carbons (Fsp3) is 0.474. The Morgan fingerprint density at radius 2 is 1.93 bits per heavy atom. The summed E-state index contributed by atoms with van der Waals surface area (Å²) in [7, 11) is 1.49. The van der Waals surface area contributed by atoms with Gasteiger partial charge in [0.25, 0.3) is 5.91 Å². The van der Waals surface area contributed by atoms with Gasteiger partial charge in [-0.15, -0.1) is 0 Å². The lowest BCUT2D eigenvalue weighted by Gasteiger charge is -2.15. The number of hydrogen-bond acceptors (Lipinski definition) is 6. The molecule has 3 amide bonds. The largest absolute Gasteiger partial charge is 0.496 e. The van der Waals surface area contributed by atoms with Gasteiger partial charge in [-0.2, -0.15) is 0 Å². The Labute approximate surface area is 157 Å². The van der Waals surface area contributed by atoms with Crippen LogP contribution in [0.25, 0.3) is 0 Å². The fourth-order valence-electron chi connectivity index (χ4n) is 2.74. The Morgan fingerprint density at radius 3 is 2.48 bits per heavy atom. The molecule has 0 atom stereocenters. The van der Waals surface area contributed by atoms with Gasteiger partial charge in [0, 0.05) is 24.1 Å². The van der Waals surface area contributed by atoms with Gasteiger partial charge >= 0.3 is 12.0 Å². The van der Waals surface area contributed by atoms with Gasteiger partial charge in [-0.25, -0.2) is 4.79 Å². The highest BCUT2D eigenvalue weighted by Gasteiger charge is 2.43. The monoisotopic (exact) mass is 376 g/mol. The van der Waals surface area contributed by atoms with Crippen molar-refractivity contribution in [2.75, 3.05) is 13.7 Å². The molecular weight excluding hydrogens is 352 g/mol. The van der Waals surface area contributed by atoms with Gasteiger partial charge in [0.2, 0.25) is 0 Å². The molecule has 0 saturated carbocycles. The molecule has 1 saturated heterocycles. The number of nitrogens with one attached hydrogen (secondary N) is 1. The minimum atomic E-state index is -0.921. The number of methoxy groups -OCH3 is 1. The van der Waals surface area contributed by atoms with Crippen LogP contribution in [-0.4, -0.2) is 47.8 Å². The average molecular weight is 376 g/mol. The van der Waals surface area contributed by atoms with Crippen LogP contribution >= 0.6 is 0 Å². The summed E-state index contributed by atoms with van der Waals surface area (Å²) in [6, 6.07) is 4.47. The van der Waals surface area contributed by atoms with Crippen molar-refractivity contribution < 1.29 is 28.7 Å². The number of amides is 3. The second-order valence-corrected chi connectivity index (χ2v) is 6.86. The van der Waals surface area contributed by atoms with Crippen molar-refractivity contribution in [1.29, 1.82) is 0 Å². The number of urea groups is 1. The molecule has 1 fully saturated rings. The van der Waals surface area contributed by atoms with Crippen LogP contribution in [0.5, 0.6) is 5.75 Å². The first kappa shape index (κ1) is 20.4. The summed E-state index contributed by atoms with van der Waals surface area (Å²) in [6.07, 6.45) is 0.366. The molecule has 8 heteroatoms. The minimum Gasteiger partial charge on any atom is -0.496 e. The molecule has 1 N–H and O–H groups in total. The van der Waals surface area contributed by atoms with Crippen molar-refractivity contribution in [3.05, 3.63) is 29.3 Å². The third-order valence-electron chi connectivity index (χ3n) is 4.28. The summed E-state index contributed by atoms with van der Waals surface area (Å²) in [5.74, 6) is -0.348. The first-order valence-electron chi connectivity index (χ1n) is 8.63. The Bertz CT molecular complexity index is 771. The van der Waals surface area contributed by atoms with Gasteiger partial charge in [0.1, 0.15) is 17.9 Å². The molecule has 0 bridgehead atoms. The van der Waals surface area contributed by atoms with Crippen LogP contribution < -0.4 is 10.1 Å². The molecule has 8 nitrogen and oxygen atoms in total. The maximum absolute atomic E-state index is 12.1. The molecule has 146 valence electrons. The summed E-state index contributed by atoms with van der Waals surface area (Å²) in [5.41, 5.74) is 0.174. The van der Waals surface area contributed by atoms with Crippen molar-refractivity contribution in [1.82, 2.24) is 10.2 Å². The van der Waals surface area contributed by atoms with E-state index in [1.54, 1.807) is 32.0 Å². The number of hydrogen-bond donors (Lipinski definition) is 1. The second-order valence-electron chi connectivity index (χ2n) is 6.86. The Morgan fingerprint density at radius 1 is 1.22 bits per heavy atom. The van der Waals surface area contributed by atoms with E-state index in [9.17, 15) is 19.2 Å². The van der Waals surface area contributed by atoms with E-state index in [-0.39, 0.29) is 31.3 Å². The predicted octanol–water partition coefficient (Wildman–Crippen LogP) is 2.05. The van der Waals surface area contributed by atoms with Gasteiger partial charge < -0.3 is 14.8 Å². The van der Waals surface area contributed by atoms with Gasteiger partial charge in [-0.3, -0.25) is 19.3 Å². The normalized spacial score (nSPS) is 15.5. The zero-order valence-corrected chi connectivity index (χ0v) is 16.0. The molecular formula is C19H24N2O6. The maximum Gasteiger partial charge on any atom is 0.325 e. The molecule has 1 aromatic rings. The van der Waals surface area contributed by atoms with Crippen LogP contribution in [0.15, 0.2) is 18.2 Å². The molecule has 1 aromatic carbocycles. The van der Waals surface area contributed by atoms with E-state index in [0.717, 1.165) is 4.90 Å². The fourth-order valence-corrected chi connectivity index (χ4v) is 2.74. The number of Topliss-reactive ketones (excluding diaryl/α,β-unsaturated/α-hetero) is 1. The molecule has 1 aliphatic heterocycles. The lowest BCUT2D eigenvalue weighted by Crippen LogP contribution is -2.40. The van der Waals surface area contributed by atoms with Crippen molar-refractivity contribution in [3.8, 4) is 5.75 Å². The predicted molar refractivity (Wildman–Crippen MR) is 96.4 cm³/mol. The molecule has 27 heavy (non-hydrogen) atoms. The van der Waals surface area contributed by atoms with Crippen LogP contribution in [0, 0.1) is 0 Å². The SMILES string of the molecule is COc1ccc(C(C)=O)cc1COC(=O)CCCN1C(=O)NC(C)(C)C1=O. The van der Waals surface area contributed by atoms with Crippen LogP contribution in [-0.2, 0) is 20.9 Å². The van der Waals surface area contributed by atoms with E-state index in [1.807, 2.05) is 0 Å². The summed E-state index contributed by atoms with van der Waals surface area (Å²) < 4.78 is 10.4. The number of carbonyl (C=O) groups excluding carboxylic acids is 4. The van der Waals surface area contributed by atoms with Gasteiger partial charge in [0.15, 0.2) is 5.78 Å². The van der Waals surface area contributed by atoms with Crippen molar-refractivity contribution in [3.63, 3.8) is 0 Å². The first-order chi connectivity index (χ1) is 12.7. The lowest BCUT2D eigenvalue weighted by atomic mass is 10.1. The highest BCUT2D eigenvalue weighted by Crippen LogP contribution is 2.22. The smallest absolute Gasteiger partial charge is 0.325 e. The summed E-state index contributed by atoms with van der Waals surface area (Å²) in [6.45, 7) is 4.83. The Hall–Kier alpha value is -2.90. The highest BCUT2D eigenvalue weighted by molar-refractivity contribution is 6.06. The van der Waals surface area contributed by atoms with Gasteiger partial charge in [-0.1, -0.05) is 0 Å². The Balaban J connectivity index is 1.85. The topological polar surface area (TPSA) is 102 Å². The van der Waals surface area contributed by atoms with E-state index in [4.69, 9.17) is 9.47 Å². The quantitative estimate of drug-likeness (QED) is 0.423. The van der Waals surface area contributed by atoms with Gasteiger partial charge in [0.05, 0.1) is 7.11 Å². The molecule has 1 aliphatic rings. The first-order valence-corrected chi connectivity index (χ1v) is 8.63. The lowest BCUT2D eigenvalue weighted by molar-refractivity contribution is -0.145. The third kappa shape index (κ3) is 4.84. The minimum absolute atomic E-state index is 0.0285. The standard InChI is InChI=1S/C19H24N2O6/c1-12(22)13-7-8-15(26-4)14(10-13)11-27-16(23)6-5-9-21-17(24)19(2,3)20-18(21)25/h7-8,10H,5-6,9,11H2,1-4H3,(H,20,25). The Kier molecular flexibility index (Phi) is 6.20. The zero-order valence-electron chi connectivity index (χ0n) is 16.0. The molecule has 0 radical (unpaired) electrons. The number of benzene rings is 1. The number of carbonyl (C=O) groups is 4. The van der Waals surface area contributed by atoms with E-state index < -0.39 is 17.5 Å². The molecule has 0 spiro atoms. The number of rotatable bonds is 8. The number of imide groups is 1. The molecule has 0 unspecified atom stereocenters. The number of nitrogens with zero attached hydrogens (tertiary/aromatic N) is 1. The summed E-state index contributed by atoms with van der Waals surface area (Å²) in [5, 5.41) is 2.58. The average Bonchev–Trinajstić information content (AvgIpc) is 2.80. The molecule has 1 heterocycles. The van der Waals surface area contributed by atoms with Crippen molar-refractivity contribution in [2.24, 2.45) is 0 Å². The van der Waals surface area contributed by atoms with Crippen LogP contribution in [0.1, 0.15) is 49.5 Å². The highest BCUT2D eigenvalue weighted by atomic mass is 16.5. The van der Waals surface area contributed by atoms with E-state index in [2.05, 4.69) is 5.32 Å². The van der Waals surface area contributed by atoms with Crippen LogP contribution in [0.4, 0.5) is 4.79 Å². The van der Waals surface area contributed by atoms with E-state index >= 15 is 0 Å². The number of ether oxygens (including phenoxy) is 2. The number of esters is 1. The second kappa shape index (κ2) is 8.20. The van der Waals surface area contributed by atoms with E-state index in [0.29, 0.717) is 23.3 Å². The van der Waals surface area contributed by atoms with Crippen LogP contribution in [0.2, 0.25) is 0 Å².